The summed E-state index contributed by atoms with van der Waals surface area (Å²) >= 11 is 0. The van der Waals surface area contributed by atoms with Crippen LogP contribution in [0.15, 0.2) is 42.6 Å². The van der Waals surface area contributed by atoms with Crippen molar-refractivity contribution in [2.75, 3.05) is 19.3 Å². The van der Waals surface area contributed by atoms with Crippen molar-refractivity contribution >= 4 is 11.6 Å². The molecule has 0 radical (unpaired) electrons. The third-order valence-electron chi connectivity index (χ3n) is 3.00. The number of rotatable bonds is 4. The number of hydrogen-bond donors (Lipinski definition) is 1. The van der Waals surface area contributed by atoms with Gasteiger partial charge in [0.05, 0.1) is 5.56 Å². The molecule has 104 valence electrons. The molecule has 0 atom stereocenters. The highest BCUT2D eigenvalue weighted by molar-refractivity contribution is 5.95. The van der Waals surface area contributed by atoms with E-state index >= 15 is 0 Å². The van der Waals surface area contributed by atoms with E-state index in [0.29, 0.717) is 18.7 Å². The summed E-state index contributed by atoms with van der Waals surface area (Å²) in [5.41, 5.74) is 6.83. The summed E-state index contributed by atoms with van der Waals surface area (Å²) in [6.07, 6.45) is 2.32. The summed E-state index contributed by atoms with van der Waals surface area (Å²) in [6.45, 7) is 0.462. The minimum Gasteiger partial charge on any atom is -0.399 e. The maximum atomic E-state index is 13.6. The number of carbonyl (C=O) groups excluding carboxylic acids is 1. The van der Waals surface area contributed by atoms with E-state index in [1.165, 1.54) is 23.1 Å². The average molecular weight is 273 g/mol. The molecule has 2 aromatic rings. The first-order chi connectivity index (χ1) is 9.58. The van der Waals surface area contributed by atoms with Gasteiger partial charge in [0, 0.05) is 37.6 Å². The van der Waals surface area contributed by atoms with Gasteiger partial charge in [-0.25, -0.2) is 4.39 Å². The number of pyridine rings is 1. The number of hydrogen-bond acceptors (Lipinski definition) is 3. The molecular formula is C15H16FN3O. The van der Waals surface area contributed by atoms with Crippen molar-refractivity contribution in [2.24, 2.45) is 0 Å². The van der Waals surface area contributed by atoms with Crippen LogP contribution in [0.3, 0.4) is 0 Å². The molecule has 1 aromatic heterocycles. The zero-order valence-electron chi connectivity index (χ0n) is 11.2. The minimum absolute atomic E-state index is 0.00600. The van der Waals surface area contributed by atoms with Crippen molar-refractivity contribution in [3.63, 3.8) is 0 Å². The SMILES string of the molecule is CN(CCc1ccccn1)C(=O)c1cc(N)ccc1F. The van der Waals surface area contributed by atoms with Crippen LogP contribution >= 0.6 is 0 Å². The molecular weight excluding hydrogens is 257 g/mol. The number of benzene rings is 1. The van der Waals surface area contributed by atoms with Crippen molar-refractivity contribution in [3.8, 4) is 0 Å². The maximum Gasteiger partial charge on any atom is 0.256 e. The molecule has 0 aliphatic heterocycles. The second kappa shape index (κ2) is 6.14. The van der Waals surface area contributed by atoms with Crippen LogP contribution in [0.2, 0.25) is 0 Å². The lowest BCUT2D eigenvalue weighted by molar-refractivity contribution is 0.0792. The van der Waals surface area contributed by atoms with Crippen LogP contribution < -0.4 is 5.73 Å². The van der Waals surface area contributed by atoms with Crippen molar-refractivity contribution in [1.29, 1.82) is 0 Å². The van der Waals surface area contributed by atoms with E-state index in [2.05, 4.69) is 4.98 Å². The Morgan fingerprint density at radius 2 is 2.15 bits per heavy atom. The van der Waals surface area contributed by atoms with E-state index in [-0.39, 0.29) is 11.5 Å². The molecule has 0 fully saturated rings. The smallest absolute Gasteiger partial charge is 0.256 e. The summed E-state index contributed by atoms with van der Waals surface area (Å²) in [7, 11) is 1.63. The number of nitrogens with two attached hydrogens (primary N) is 1. The fraction of sp³-hybridized carbons (Fsp3) is 0.200. The van der Waals surface area contributed by atoms with Gasteiger partial charge in [-0.05, 0) is 30.3 Å². The summed E-state index contributed by atoms with van der Waals surface area (Å²) < 4.78 is 13.6. The van der Waals surface area contributed by atoms with Gasteiger partial charge in [-0.15, -0.1) is 0 Å². The first-order valence-corrected chi connectivity index (χ1v) is 6.28. The highest BCUT2D eigenvalue weighted by atomic mass is 19.1. The Kier molecular flexibility index (Phi) is 4.30. The van der Waals surface area contributed by atoms with Crippen molar-refractivity contribution < 1.29 is 9.18 Å². The fourth-order valence-corrected chi connectivity index (χ4v) is 1.84. The van der Waals surface area contributed by atoms with Crippen LogP contribution in [-0.4, -0.2) is 29.4 Å². The molecule has 1 amide bonds. The van der Waals surface area contributed by atoms with Gasteiger partial charge >= 0.3 is 0 Å². The van der Waals surface area contributed by atoms with Crippen molar-refractivity contribution in [2.45, 2.75) is 6.42 Å². The van der Waals surface area contributed by atoms with E-state index in [0.717, 1.165) is 5.69 Å². The zero-order valence-corrected chi connectivity index (χ0v) is 11.2. The maximum absolute atomic E-state index is 13.6. The third-order valence-corrected chi connectivity index (χ3v) is 3.00. The molecule has 5 heteroatoms. The molecule has 0 saturated heterocycles. The molecule has 20 heavy (non-hydrogen) atoms. The van der Waals surface area contributed by atoms with E-state index in [4.69, 9.17) is 5.73 Å². The van der Waals surface area contributed by atoms with Gasteiger partial charge in [0.1, 0.15) is 5.82 Å². The normalized spacial score (nSPS) is 10.3. The highest BCUT2D eigenvalue weighted by Gasteiger charge is 2.16. The predicted octanol–water partition coefficient (Wildman–Crippen LogP) is 2.12. The molecule has 2 N–H and O–H groups in total. The van der Waals surface area contributed by atoms with Gasteiger partial charge in [0.25, 0.3) is 5.91 Å². The Hall–Kier alpha value is -2.43. The molecule has 1 aromatic carbocycles. The van der Waals surface area contributed by atoms with Gasteiger partial charge in [-0.2, -0.15) is 0 Å². The molecule has 0 bridgehead atoms. The number of amides is 1. The number of nitrogens with zero attached hydrogens (tertiary/aromatic N) is 2. The first-order valence-electron chi connectivity index (χ1n) is 6.28. The topological polar surface area (TPSA) is 59.2 Å². The van der Waals surface area contributed by atoms with Gasteiger partial charge in [-0.3, -0.25) is 9.78 Å². The Labute approximate surface area is 117 Å². The average Bonchev–Trinajstić information content (AvgIpc) is 2.47. The van der Waals surface area contributed by atoms with Crippen LogP contribution in [0.4, 0.5) is 10.1 Å². The molecule has 0 spiro atoms. The van der Waals surface area contributed by atoms with Crippen LogP contribution in [-0.2, 0) is 6.42 Å². The number of carbonyl (C=O) groups is 1. The van der Waals surface area contributed by atoms with Crippen molar-refractivity contribution in [1.82, 2.24) is 9.88 Å². The van der Waals surface area contributed by atoms with E-state index in [1.54, 1.807) is 13.2 Å². The summed E-state index contributed by atoms with van der Waals surface area (Å²) in [4.78, 5) is 17.8. The summed E-state index contributed by atoms with van der Waals surface area (Å²) in [5, 5.41) is 0. The molecule has 0 aliphatic carbocycles. The van der Waals surface area contributed by atoms with Crippen LogP contribution in [0.5, 0.6) is 0 Å². The van der Waals surface area contributed by atoms with E-state index in [1.807, 2.05) is 18.2 Å². The lowest BCUT2D eigenvalue weighted by Crippen LogP contribution is -2.29. The third kappa shape index (κ3) is 3.32. The number of aromatic nitrogens is 1. The summed E-state index contributed by atoms with van der Waals surface area (Å²) in [5.74, 6) is -0.945. The van der Waals surface area contributed by atoms with E-state index < -0.39 is 5.82 Å². The van der Waals surface area contributed by atoms with E-state index in [9.17, 15) is 9.18 Å². The van der Waals surface area contributed by atoms with Crippen molar-refractivity contribution in [3.05, 3.63) is 59.7 Å². The molecule has 0 unspecified atom stereocenters. The van der Waals surface area contributed by atoms with Gasteiger partial charge in [0.15, 0.2) is 0 Å². The Morgan fingerprint density at radius 3 is 2.85 bits per heavy atom. The summed E-state index contributed by atoms with van der Waals surface area (Å²) in [6, 6.07) is 9.60. The number of likely N-dealkylation sites (N-methyl/N-ethyl adjacent to an activating group) is 1. The first kappa shape index (κ1) is 14.0. The quantitative estimate of drug-likeness (QED) is 0.868. The lowest BCUT2D eigenvalue weighted by Gasteiger charge is -2.17. The highest BCUT2D eigenvalue weighted by Crippen LogP contribution is 2.14. The second-order valence-electron chi connectivity index (χ2n) is 4.54. The predicted molar refractivity (Wildman–Crippen MR) is 75.7 cm³/mol. The Balaban J connectivity index is 2.03. The molecule has 0 aliphatic rings. The number of nitrogen functional groups attached to an aromatic ring is 1. The monoisotopic (exact) mass is 273 g/mol. The van der Waals surface area contributed by atoms with Crippen LogP contribution in [0, 0.1) is 5.82 Å². The van der Waals surface area contributed by atoms with Crippen LogP contribution in [0.1, 0.15) is 16.1 Å². The number of halogens is 1. The number of anilines is 1. The lowest BCUT2D eigenvalue weighted by atomic mass is 10.1. The van der Waals surface area contributed by atoms with Crippen LogP contribution in [0.25, 0.3) is 0 Å². The molecule has 4 nitrogen and oxygen atoms in total. The Bertz CT molecular complexity index is 601. The zero-order chi connectivity index (χ0) is 14.5. The van der Waals surface area contributed by atoms with Gasteiger partial charge in [0.2, 0.25) is 0 Å². The Morgan fingerprint density at radius 1 is 1.35 bits per heavy atom. The standard InChI is InChI=1S/C15H16FN3O/c1-19(9-7-12-4-2-3-8-18-12)15(20)13-10-11(17)5-6-14(13)16/h2-6,8,10H,7,9,17H2,1H3. The fourth-order valence-electron chi connectivity index (χ4n) is 1.84. The molecule has 0 saturated carbocycles. The second-order valence-corrected chi connectivity index (χ2v) is 4.54. The van der Waals surface area contributed by atoms with Gasteiger partial charge in [-0.1, -0.05) is 6.07 Å². The van der Waals surface area contributed by atoms with Gasteiger partial charge < -0.3 is 10.6 Å². The largest absolute Gasteiger partial charge is 0.399 e. The minimum atomic E-state index is -0.561. The molecule has 2 rings (SSSR count). The molecule has 1 heterocycles.